The highest BCUT2D eigenvalue weighted by Crippen LogP contribution is 2.29. The Morgan fingerprint density at radius 3 is 2.50 bits per heavy atom. The molecule has 0 unspecified atom stereocenters. The summed E-state index contributed by atoms with van der Waals surface area (Å²) in [7, 11) is 0. The number of halogens is 3. The molecule has 1 rings (SSSR count). The van der Waals surface area contributed by atoms with Crippen molar-refractivity contribution in [1.29, 1.82) is 0 Å². The Balaban J connectivity index is 2.54. The van der Waals surface area contributed by atoms with Crippen LogP contribution in [0.5, 0.6) is 0 Å². The number of thioether (sulfide) groups is 1. The summed E-state index contributed by atoms with van der Waals surface area (Å²) in [5.74, 6) is -1.29. The van der Waals surface area contributed by atoms with Crippen LogP contribution in [-0.4, -0.2) is 45.7 Å². The molecule has 1 amide bonds. The molecule has 0 atom stereocenters. The van der Waals surface area contributed by atoms with Crippen molar-refractivity contribution in [3.63, 3.8) is 0 Å². The average Bonchev–Trinajstić information content (AvgIpc) is 2.45. The quantitative estimate of drug-likeness (QED) is 0.775. The van der Waals surface area contributed by atoms with Gasteiger partial charge in [-0.1, -0.05) is 11.8 Å². The first-order valence-corrected chi connectivity index (χ1v) is 7.38. The molecule has 0 spiro atoms. The van der Waals surface area contributed by atoms with Gasteiger partial charge in [-0.05, 0) is 19.1 Å². The Labute approximate surface area is 129 Å². The van der Waals surface area contributed by atoms with Crippen LogP contribution < -0.4 is 0 Å². The standard InChI is InChI=1S/C13H15F3N2O3S/c1-2-18(6-5-12(20)21)11(19)8-22-10-4-3-9(7-17-10)13(14,15)16/h3-4,7H,2,5-6,8H2,1H3,(H,20,21). The van der Waals surface area contributed by atoms with Crippen molar-refractivity contribution in [3.05, 3.63) is 23.9 Å². The molecule has 1 aromatic heterocycles. The zero-order valence-electron chi connectivity index (χ0n) is 11.8. The van der Waals surface area contributed by atoms with E-state index in [9.17, 15) is 22.8 Å². The van der Waals surface area contributed by atoms with Gasteiger partial charge in [0.25, 0.3) is 0 Å². The van der Waals surface area contributed by atoms with Gasteiger partial charge in [0, 0.05) is 19.3 Å². The first-order valence-electron chi connectivity index (χ1n) is 6.39. The Kier molecular flexibility index (Phi) is 6.66. The van der Waals surface area contributed by atoms with Crippen LogP contribution in [0.2, 0.25) is 0 Å². The van der Waals surface area contributed by atoms with Crippen LogP contribution in [0.1, 0.15) is 18.9 Å². The summed E-state index contributed by atoms with van der Waals surface area (Å²) in [5, 5.41) is 8.90. The minimum atomic E-state index is -4.44. The van der Waals surface area contributed by atoms with E-state index < -0.39 is 17.7 Å². The Hall–Kier alpha value is -1.77. The molecule has 0 aliphatic heterocycles. The minimum Gasteiger partial charge on any atom is -0.481 e. The van der Waals surface area contributed by atoms with Gasteiger partial charge >= 0.3 is 12.1 Å². The summed E-state index contributed by atoms with van der Waals surface area (Å²) < 4.78 is 37.1. The maximum absolute atomic E-state index is 12.4. The Bertz CT molecular complexity index is 520. The second-order valence-corrected chi connectivity index (χ2v) is 5.28. The van der Waals surface area contributed by atoms with E-state index in [-0.39, 0.29) is 24.6 Å². The first kappa shape index (κ1) is 18.3. The van der Waals surface area contributed by atoms with Crippen molar-refractivity contribution in [3.8, 4) is 0 Å². The van der Waals surface area contributed by atoms with Crippen LogP contribution in [0, 0.1) is 0 Å². The first-order chi connectivity index (χ1) is 10.2. The predicted molar refractivity (Wildman–Crippen MR) is 74.5 cm³/mol. The number of amides is 1. The molecular weight excluding hydrogens is 321 g/mol. The zero-order valence-corrected chi connectivity index (χ0v) is 12.6. The van der Waals surface area contributed by atoms with E-state index in [1.807, 2.05) is 0 Å². The molecule has 122 valence electrons. The Morgan fingerprint density at radius 1 is 1.36 bits per heavy atom. The molecule has 1 N–H and O–H groups in total. The van der Waals surface area contributed by atoms with Crippen molar-refractivity contribution >= 4 is 23.6 Å². The number of carboxylic acids is 1. The second kappa shape index (κ2) is 8.02. The molecule has 5 nitrogen and oxygen atoms in total. The van der Waals surface area contributed by atoms with Crippen LogP contribution in [0.15, 0.2) is 23.4 Å². The highest BCUT2D eigenvalue weighted by Gasteiger charge is 2.30. The lowest BCUT2D eigenvalue weighted by atomic mass is 10.3. The fraction of sp³-hybridized carbons (Fsp3) is 0.462. The lowest BCUT2D eigenvalue weighted by Gasteiger charge is -2.19. The van der Waals surface area contributed by atoms with Crippen LogP contribution in [0.25, 0.3) is 0 Å². The molecule has 0 bridgehead atoms. The van der Waals surface area contributed by atoms with Crippen molar-refractivity contribution in [2.45, 2.75) is 24.5 Å². The van der Waals surface area contributed by atoms with Crippen LogP contribution >= 0.6 is 11.8 Å². The van der Waals surface area contributed by atoms with E-state index in [1.165, 1.54) is 11.0 Å². The molecule has 0 aliphatic carbocycles. The van der Waals surface area contributed by atoms with E-state index in [1.54, 1.807) is 6.92 Å². The summed E-state index contributed by atoms with van der Waals surface area (Å²) in [5.41, 5.74) is -0.847. The normalized spacial score (nSPS) is 11.3. The lowest BCUT2D eigenvalue weighted by Crippen LogP contribution is -2.34. The molecule has 0 aromatic carbocycles. The summed E-state index contributed by atoms with van der Waals surface area (Å²) in [6.45, 7) is 2.19. The fourth-order valence-corrected chi connectivity index (χ4v) is 2.30. The molecule has 0 aliphatic rings. The third kappa shape index (κ3) is 5.92. The molecule has 0 saturated heterocycles. The third-order valence-corrected chi connectivity index (χ3v) is 3.67. The molecule has 9 heteroatoms. The van der Waals surface area contributed by atoms with Crippen LogP contribution in [-0.2, 0) is 15.8 Å². The number of alkyl halides is 3. The number of rotatable bonds is 7. The number of carboxylic acid groups (broad SMARTS) is 1. The number of nitrogens with zero attached hydrogens (tertiary/aromatic N) is 2. The number of carbonyl (C=O) groups excluding carboxylic acids is 1. The maximum atomic E-state index is 12.4. The Morgan fingerprint density at radius 2 is 2.05 bits per heavy atom. The van der Waals surface area contributed by atoms with Gasteiger partial charge in [0.2, 0.25) is 5.91 Å². The molecular formula is C13H15F3N2O3S. The van der Waals surface area contributed by atoms with E-state index in [0.29, 0.717) is 11.6 Å². The zero-order chi connectivity index (χ0) is 16.8. The predicted octanol–water partition coefficient (Wildman–Crippen LogP) is 2.52. The molecule has 1 aromatic rings. The van der Waals surface area contributed by atoms with E-state index in [4.69, 9.17) is 5.11 Å². The summed E-state index contributed by atoms with van der Waals surface area (Å²) >= 11 is 1.01. The number of carbonyl (C=O) groups is 2. The van der Waals surface area contributed by atoms with Gasteiger partial charge in [-0.15, -0.1) is 0 Å². The molecule has 0 saturated carbocycles. The molecule has 1 heterocycles. The largest absolute Gasteiger partial charge is 0.481 e. The van der Waals surface area contributed by atoms with Crippen LogP contribution in [0.3, 0.4) is 0 Å². The third-order valence-electron chi connectivity index (χ3n) is 2.74. The lowest BCUT2D eigenvalue weighted by molar-refractivity contribution is -0.139. The van der Waals surface area contributed by atoms with Gasteiger partial charge in [0.05, 0.1) is 22.8 Å². The summed E-state index contributed by atoms with van der Waals surface area (Å²) in [6.07, 6.45) is -3.88. The highest BCUT2D eigenvalue weighted by molar-refractivity contribution is 7.99. The number of hydrogen-bond donors (Lipinski definition) is 1. The average molecular weight is 336 g/mol. The molecule has 0 radical (unpaired) electrons. The van der Waals surface area contributed by atoms with Gasteiger partial charge in [-0.2, -0.15) is 13.2 Å². The van der Waals surface area contributed by atoms with Gasteiger partial charge in [-0.3, -0.25) is 9.59 Å². The monoisotopic (exact) mass is 336 g/mol. The molecule has 0 fully saturated rings. The van der Waals surface area contributed by atoms with E-state index >= 15 is 0 Å². The van der Waals surface area contributed by atoms with Gasteiger partial charge < -0.3 is 10.0 Å². The summed E-state index contributed by atoms with van der Waals surface area (Å²) in [4.78, 5) is 27.4. The van der Waals surface area contributed by atoms with E-state index in [0.717, 1.165) is 24.0 Å². The number of hydrogen-bond acceptors (Lipinski definition) is 4. The minimum absolute atomic E-state index is 0.00811. The van der Waals surface area contributed by atoms with Crippen molar-refractivity contribution in [2.75, 3.05) is 18.8 Å². The van der Waals surface area contributed by atoms with Crippen LogP contribution in [0.4, 0.5) is 13.2 Å². The number of pyridine rings is 1. The summed E-state index contributed by atoms with van der Waals surface area (Å²) in [6, 6.07) is 2.11. The second-order valence-electron chi connectivity index (χ2n) is 4.29. The van der Waals surface area contributed by atoms with Crippen molar-refractivity contribution in [1.82, 2.24) is 9.88 Å². The van der Waals surface area contributed by atoms with Gasteiger partial charge in [-0.25, -0.2) is 4.98 Å². The molecule has 22 heavy (non-hydrogen) atoms. The van der Waals surface area contributed by atoms with Crippen molar-refractivity contribution < 1.29 is 27.9 Å². The van der Waals surface area contributed by atoms with E-state index in [2.05, 4.69) is 4.98 Å². The maximum Gasteiger partial charge on any atom is 0.417 e. The SMILES string of the molecule is CCN(CCC(=O)O)C(=O)CSc1ccc(C(F)(F)F)cn1. The fourth-order valence-electron chi connectivity index (χ4n) is 1.55. The van der Waals surface area contributed by atoms with Gasteiger partial charge in [0.1, 0.15) is 0 Å². The smallest absolute Gasteiger partial charge is 0.417 e. The van der Waals surface area contributed by atoms with Gasteiger partial charge in [0.15, 0.2) is 0 Å². The topological polar surface area (TPSA) is 70.5 Å². The number of aromatic nitrogens is 1. The van der Waals surface area contributed by atoms with Crippen molar-refractivity contribution in [2.24, 2.45) is 0 Å². The number of aliphatic carboxylic acids is 1. The highest BCUT2D eigenvalue weighted by atomic mass is 32.2.